The molecular weight excluding hydrogens is 456 g/mol. The molecule has 0 unspecified atom stereocenters. The van der Waals surface area contributed by atoms with Gasteiger partial charge in [0, 0.05) is 12.4 Å². The monoisotopic (exact) mass is 463 g/mol. The van der Waals surface area contributed by atoms with Gasteiger partial charge >= 0.3 is 0 Å². The summed E-state index contributed by atoms with van der Waals surface area (Å²) in [5, 5.41) is 0.622. The molecule has 1 aromatic carbocycles. The van der Waals surface area contributed by atoms with Gasteiger partial charge in [0.05, 0.1) is 20.0 Å². The van der Waals surface area contributed by atoms with Crippen LogP contribution in [0.15, 0.2) is 53.7 Å². The number of ether oxygens (including phenoxy) is 1. The molecule has 0 saturated heterocycles. The van der Waals surface area contributed by atoms with E-state index in [4.69, 9.17) is 51.1 Å². The van der Waals surface area contributed by atoms with E-state index in [-0.39, 0.29) is 42.4 Å². The van der Waals surface area contributed by atoms with Crippen molar-refractivity contribution in [2.75, 3.05) is 4.72 Å². The van der Waals surface area contributed by atoms with Crippen LogP contribution in [0.5, 0.6) is 11.6 Å². The molecule has 2 heterocycles. The summed E-state index contributed by atoms with van der Waals surface area (Å²) < 4.78 is 33.3. The summed E-state index contributed by atoms with van der Waals surface area (Å²) in [6.45, 7) is 0. The zero-order valence-corrected chi connectivity index (χ0v) is 17.0. The molecule has 27 heavy (non-hydrogen) atoms. The van der Waals surface area contributed by atoms with Crippen LogP contribution in [0.4, 0.5) is 5.69 Å². The van der Waals surface area contributed by atoms with Crippen LogP contribution >= 0.6 is 46.4 Å². The lowest BCUT2D eigenvalue weighted by molar-refractivity contribution is 0.463. The number of sulfonamides is 1. The Bertz CT molecular complexity index is 1110. The number of pyridine rings is 2. The quantitative estimate of drug-likeness (QED) is 0.491. The second-order valence-corrected chi connectivity index (χ2v) is 8.37. The molecule has 3 rings (SSSR count). The largest absolute Gasteiger partial charge is 0.434 e. The fraction of sp³-hybridized carbons (Fsp3) is 0. The molecule has 0 atom stereocenters. The zero-order chi connectivity index (χ0) is 19.6. The summed E-state index contributed by atoms with van der Waals surface area (Å²) in [5.41, 5.74) is 0.00786. The van der Waals surface area contributed by atoms with E-state index >= 15 is 0 Å². The van der Waals surface area contributed by atoms with Gasteiger partial charge in [-0.05, 0) is 36.4 Å². The van der Waals surface area contributed by atoms with Crippen LogP contribution in [0.2, 0.25) is 20.2 Å². The van der Waals surface area contributed by atoms with Crippen molar-refractivity contribution < 1.29 is 13.2 Å². The molecule has 6 nitrogen and oxygen atoms in total. The molecule has 0 aliphatic carbocycles. The molecule has 0 aliphatic heterocycles. The molecule has 140 valence electrons. The molecule has 0 bridgehead atoms. The van der Waals surface area contributed by atoms with Gasteiger partial charge in [0.2, 0.25) is 5.88 Å². The van der Waals surface area contributed by atoms with Gasteiger partial charge in [0.15, 0.2) is 10.9 Å². The molecule has 0 saturated carbocycles. The number of nitrogens with one attached hydrogen (secondary N) is 1. The van der Waals surface area contributed by atoms with Crippen molar-refractivity contribution in [1.29, 1.82) is 0 Å². The Balaban J connectivity index is 1.97. The van der Waals surface area contributed by atoms with E-state index in [1.54, 1.807) is 12.1 Å². The third-order valence-electron chi connectivity index (χ3n) is 3.19. The Hall–Kier alpha value is -1.77. The molecule has 1 N–H and O–H groups in total. The van der Waals surface area contributed by atoms with E-state index in [0.29, 0.717) is 0 Å². The average Bonchev–Trinajstić information content (AvgIpc) is 2.61. The van der Waals surface area contributed by atoms with Gasteiger partial charge in [-0.15, -0.1) is 0 Å². The van der Waals surface area contributed by atoms with Crippen molar-refractivity contribution in [2.45, 2.75) is 4.90 Å². The second-order valence-electron chi connectivity index (χ2n) is 5.08. The van der Waals surface area contributed by atoms with E-state index in [1.807, 2.05) is 0 Å². The Morgan fingerprint density at radius 2 is 1.74 bits per heavy atom. The first-order chi connectivity index (χ1) is 12.8. The minimum absolute atomic E-state index is 0.00786. The van der Waals surface area contributed by atoms with Gasteiger partial charge < -0.3 is 4.74 Å². The van der Waals surface area contributed by atoms with Crippen LogP contribution in [-0.2, 0) is 10.0 Å². The standard InChI is InChI=1S/C16H9Cl4N3O3S/c17-9-6-13(16(22-8-9)26-14-2-1-5-21-15(14)20)23-27(24,25)10-3-4-11(18)12(19)7-10/h1-8,23H. The minimum atomic E-state index is -4.01. The Kier molecular flexibility index (Phi) is 5.98. The van der Waals surface area contributed by atoms with Crippen LogP contribution < -0.4 is 9.46 Å². The number of nitrogens with zero attached hydrogens (tertiary/aromatic N) is 2. The number of anilines is 1. The smallest absolute Gasteiger partial charge is 0.262 e. The SMILES string of the molecule is O=S(=O)(Nc1cc(Cl)cnc1Oc1cccnc1Cl)c1ccc(Cl)c(Cl)c1. The predicted molar refractivity (Wildman–Crippen MR) is 106 cm³/mol. The fourth-order valence-electron chi connectivity index (χ4n) is 1.98. The highest BCUT2D eigenvalue weighted by molar-refractivity contribution is 7.92. The lowest BCUT2D eigenvalue weighted by atomic mass is 10.4. The summed E-state index contributed by atoms with van der Waals surface area (Å²) in [6, 6.07) is 8.43. The van der Waals surface area contributed by atoms with Crippen LogP contribution in [0.3, 0.4) is 0 Å². The van der Waals surface area contributed by atoms with Crippen LogP contribution in [0, 0.1) is 0 Å². The molecular formula is C16H9Cl4N3O3S. The maximum Gasteiger partial charge on any atom is 0.262 e. The number of rotatable bonds is 5. The topological polar surface area (TPSA) is 81.2 Å². The van der Waals surface area contributed by atoms with E-state index in [1.165, 1.54) is 36.7 Å². The van der Waals surface area contributed by atoms with Crippen molar-refractivity contribution >= 4 is 62.1 Å². The summed E-state index contributed by atoms with van der Waals surface area (Å²) >= 11 is 23.6. The highest BCUT2D eigenvalue weighted by Crippen LogP contribution is 2.34. The molecule has 0 amide bonds. The normalized spacial score (nSPS) is 11.3. The molecule has 0 radical (unpaired) electrons. The van der Waals surface area contributed by atoms with E-state index in [0.717, 1.165) is 0 Å². The predicted octanol–water partition coefficient (Wildman–Crippen LogP) is 5.68. The van der Waals surface area contributed by atoms with Crippen molar-refractivity contribution in [2.24, 2.45) is 0 Å². The number of benzene rings is 1. The number of hydrogen-bond acceptors (Lipinski definition) is 5. The molecule has 3 aromatic rings. The van der Waals surface area contributed by atoms with Gasteiger partial charge in [-0.1, -0.05) is 46.4 Å². The third kappa shape index (κ3) is 4.75. The number of halogens is 4. The average molecular weight is 465 g/mol. The summed E-state index contributed by atoms with van der Waals surface area (Å²) in [4.78, 5) is 7.80. The Labute approximate surface area is 175 Å². The van der Waals surface area contributed by atoms with Crippen molar-refractivity contribution in [1.82, 2.24) is 9.97 Å². The molecule has 0 spiro atoms. The number of hydrogen-bond donors (Lipinski definition) is 1. The van der Waals surface area contributed by atoms with Crippen LogP contribution in [-0.4, -0.2) is 18.4 Å². The van der Waals surface area contributed by atoms with Gasteiger partial charge in [-0.3, -0.25) is 4.72 Å². The number of aromatic nitrogens is 2. The third-order valence-corrected chi connectivity index (χ3v) is 5.79. The first kappa shape index (κ1) is 20.0. The van der Waals surface area contributed by atoms with E-state index < -0.39 is 10.0 Å². The van der Waals surface area contributed by atoms with E-state index in [9.17, 15) is 8.42 Å². The molecule has 11 heteroatoms. The summed E-state index contributed by atoms with van der Waals surface area (Å²) in [5.74, 6) is 0.141. The molecule has 2 aromatic heterocycles. The van der Waals surface area contributed by atoms with E-state index in [2.05, 4.69) is 14.7 Å². The highest BCUT2D eigenvalue weighted by Gasteiger charge is 2.20. The Morgan fingerprint density at radius 1 is 0.963 bits per heavy atom. The minimum Gasteiger partial charge on any atom is -0.434 e. The van der Waals surface area contributed by atoms with Crippen molar-refractivity contribution in [3.63, 3.8) is 0 Å². The first-order valence-electron chi connectivity index (χ1n) is 7.18. The summed E-state index contributed by atoms with van der Waals surface area (Å²) in [7, 11) is -4.01. The lowest BCUT2D eigenvalue weighted by Crippen LogP contribution is -2.14. The lowest BCUT2D eigenvalue weighted by Gasteiger charge is -2.13. The Morgan fingerprint density at radius 3 is 2.44 bits per heavy atom. The van der Waals surface area contributed by atoms with Gasteiger partial charge in [-0.25, -0.2) is 18.4 Å². The van der Waals surface area contributed by atoms with Crippen molar-refractivity contribution in [3.8, 4) is 11.6 Å². The fourth-order valence-corrected chi connectivity index (χ4v) is 3.73. The van der Waals surface area contributed by atoms with Crippen LogP contribution in [0.25, 0.3) is 0 Å². The first-order valence-corrected chi connectivity index (χ1v) is 10.2. The second kappa shape index (κ2) is 8.08. The van der Waals surface area contributed by atoms with Crippen molar-refractivity contribution in [3.05, 3.63) is 69.0 Å². The zero-order valence-electron chi connectivity index (χ0n) is 13.2. The van der Waals surface area contributed by atoms with Gasteiger partial charge in [0.25, 0.3) is 10.0 Å². The van der Waals surface area contributed by atoms with Gasteiger partial charge in [0.1, 0.15) is 5.69 Å². The van der Waals surface area contributed by atoms with Gasteiger partial charge in [-0.2, -0.15) is 0 Å². The maximum atomic E-state index is 12.7. The maximum absolute atomic E-state index is 12.7. The molecule has 0 fully saturated rings. The molecule has 0 aliphatic rings. The summed E-state index contributed by atoms with van der Waals surface area (Å²) in [6.07, 6.45) is 2.79. The van der Waals surface area contributed by atoms with Crippen LogP contribution in [0.1, 0.15) is 0 Å². The highest BCUT2D eigenvalue weighted by atomic mass is 35.5.